The maximum atomic E-state index is 12.0. The Morgan fingerprint density at radius 1 is 1.21 bits per heavy atom. The maximum Gasteiger partial charge on any atom is 0.220 e. The molecule has 1 fully saturated rings. The number of thiazole rings is 1. The summed E-state index contributed by atoms with van der Waals surface area (Å²) in [6.07, 6.45) is 2.53. The Bertz CT molecular complexity index is 996. The van der Waals surface area contributed by atoms with E-state index in [9.17, 15) is 4.79 Å². The molecule has 3 aromatic rings. The second-order valence-corrected chi connectivity index (χ2v) is 9.39. The van der Waals surface area contributed by atoms with Crippen LogP contribution in [0.2, 0.25) is 0 Å². The van der Waals surface area contributed by atoms with Crippen LogP contribution in [-0.4, -0.2) is 39.8 Å². The van der Waals surface area contributed by atoms with Crippen molar-refractivity contribution < 1.29 is 4.79 Å². The van der Waals surface area contributed by atoms with Gasteiger partial charge in [0.25, 0.3) is 0 Å². The second-order valence-electron chi connectivity index (χ2n) is 8.41. The molecular formula is C22H29N5OS. The lowest BCUT2D eigenvalue weighted by Crippen LogP contribution is -2.44. The van der Waals surface area contributed by atoms with Crippen LogP contribution in [0.3, 0.4) is 0 Å². The van der Waals surface area contributed by atoms with Crippen molar-refractivity contribution >= 4 is 32.7 Å². The largest absolute Gasteiger partial charge is 0.353 e. The molecule has 1 saturated heterocycles. The topological polar surface area (TPSA) is 63.1 Å². The van der Waals surface area contributed by atoms with E-state index in [1.165, 1.54) is 5.56 Å². The molecule has 6 nitrogen and oxygen atoms in total. The summed E-state index contributed by atoms with van der Waals surface area (Å²) in [6.45, 7) is 10.1. The van der Waals surface area contributed by atoms with Crippen LogP contribution in [0.25, 0.3) is 16.0 Å². The number of nitrogens with one attached hydrogen (secondary N) is 1. The first-order valence-corrected chi connectivity index (χ1v) is 11.2. The highest BCUT2D eigenvalue weighted by atomic mass is 32.1. The Balaban J connectivity index is 1.48. The molecule has 0 unspecified atom stereocenters. The van der Waals surface area contributed by atoms with Gasteiger partial charge in [-0.2, -0.15) is 10.1 Å². The highest BCUT2D eigenvalue weighted by Crippen LogP contribution is 2.33. The van der Waals surface area contributed by atoms with E-state index in [1.54, 1.807) is 11.3 Å². The van der Waals surface area contributed by atoms with Crippen LogP contribution in [-0.2, 0) is 4.79 Å². The van der Waals surface area contributed by atoms with Crippen molar-refractivity contribution in [2.75, 3.05) is 18.0 Å². The van der Waals surface area contributed by atoms with Gasteiger partial charge in [-0.25, -0.2) is 4.68 Å². The molecule has 1 aromatic carbocycles. The van der Waals surface area contributed by atoms with Gasteiger partial charge < -0.3 is 10.2 Å². The van der Waals surface area contributed by atoms with E-state index in [-0.39, 0.29) is 11.9 Å². The molecule has 0 bridgehead atoms. The lowest BCUT2D eigenvalue weighted by Gasteiger charge is -2.32. The lowest BCUT2D eigenvalue weighted by molar-refractivity contribution is -0.122. The third kappa shape index (κ3) is 4.29. The Kier molecular flexibility index (Phi) is 5.58. The van der Waals surface area contributed by atoms with Crippen LogP contribution in [0.5, 0.6) is 0 Å². The van der Waals surface area contributed by atoms with E-state index in [0.717, 1.165) is 52.8 Å². The maximum absolute atomic E-state index is 12.0. The monoisotopic (exact) mass is 411 g/mol. The van der Waals surface area contributed by atoms with E-state index < -0.39 is 0 Å². The molecule has 0 atom stereocenters. The summed E-state index contributed by atoms with van der Waals surface area (Å²) >= 11 is 1.72. The van der Waals surface area contributed by atoms with E-state index in [2.05, 4.69) is 55.3 Å². The summed E-state index contributed by atoms with van der Waals surface area (Å²) in [5, 5.41) is 8.94. The van der Waals surface area contributed by atoms with Crippen LogP contribution in [0.15, 0.2) is 24.3 Å². The lowest BCUT2D eigenvalue weighted by atomic mass is 10.0. The zero-order valence-electron chi connectivity index (χ0n) is 17.6. The van der Waals surface area contributed by atoms with Crippen LogP contribution < -0.4 is 10.2 Å². The number of aromatic nitrogens is 3. The molecule has 1 aliphatic rings. The second kappa shape index (κ2) is 8.14. The molecule has 29 heavy (non-hydrogen) atoms. The van der Waals surface area contributed by atoms with Gasteiger partial charge in [0.15, 0.2) is 10.8 Å². The number of anilines is 1. The fourth-order valence-corrected chi connectivity index (χ4v) is 4.84. The van der Waals surface area contributed by atoms with E-state index in [1.807, 2.05) is 11.6 Å². The van der Waals surface area contributed by atoms with Gasteiger partial charge in [0.05, 0.1) is 16.1 Å². The predicted molar refractivity (Wildman–Crippen MR) is 119 cm³/mol. The molecule has 3 heterocycles. The minimum absolute atomic E-state index is 0.173. The van der Waals surface area contributed by atoms with Gasteiger partial charge in [-0.15, -0.1) is 0 Å². The Labute approximate surface area is 175 Å². The number of piperidine rings is 1. The fraction of sp³-hybridized carbons (Fsp3) is 0.500. The number of nitrogens with zero attached hydrogens (tertiary/aromatic N) is 4. The number of hydrogen-bond donors (Lipinski definition) is 1. The number of carbonyl (C=O) groups is 1. The zero-order chi connectivity index (χ0) is 20.5. The number of benzene rings is 1. The molecule has 0 spiro atoms. The molecule has 1 amide bonds. The molecule has 4 rings (SSSR count). The summed E-state index contributed by atoms with van der Waals surface area (Å²) in [4.78, 5) is 19.3. The molecule has 7 heteroatoms. The quantitative estimate of drug-likeness (QED) is 0.682. The highest BCUT2D eigenvalue weighted by Gasteiger charge is 2.24. The first-order valence-electron chi connectivity index (χ1n) is 10.4. The van der Waals surface area contributed by atoms with Crippen molar-refractivity contribution in [3.63, 3.8) is 0 Å². The van der Waals surface area contributed by atoms with Crippen LogP contribution >= 0.6 is 11.3 Å². The number of carbonyl (C=O) groups excluding carboxylic acids is 1. The van der Waals surface area contributed by atoms with E-state index in [4.69, 9.17) is 10.1 Å². The number of fused-ring (bicyclic) bond motifs is 1. The zero-order valence-corrected chi connectivity index (χ0v) is 18.4. The third-order valence-electron chi connectivity index (χ3n) is 5.38. The molecule has 2 aromatic heterocycles. The molecule has 154 valence electrons. The van der Waals surface area contributed by atoms with Gasteiger partial charge in [-0.05, 0) is 44.7 Å². The standard InChI is InChI=1S/C22H29N5OS/c1-14(2)13-19(28)23-17-9-11-26(12-10-17)22-24-21-20(29-22)16(4)25-27(21)18-7-5-15(3)6-8-18/h5-8,14,17H,9-13H2,1-4H3,(H,23,28). The Morgan fingerprint density at radius 2 is 1.90 bits per heavy atom. The first-order chi connectivity index (χ1) is 13.9. The first kappa shape index (κ1) is 19.9. The van der Waals surface area contributed by atoms with Crippen LogP contribution in [0, 0.1) is 19.8 Å². The Hall–Kier alpha value is -2.41. The summed E-state index contributed by atoms with van der Waals surface area (Å²) in [5.41, 5.74) is 4.21. The summed E-state index contributed by atoms with van der Waals surface area (Å²) in [5.74, 6) is 0.571. The van der Waals surface area contributed by atoms with Crippen molar-refractivity contribution in [3.05, 3.63) is 35.5 Å². The molecule has 0 radical (unpaired) electrons. The summed E-state index contributed by atoms with van der Waals surface area (Å²) in [7, 11) is 0. The summed E-state index contributed by atoms with van der Waals surface area (Å²) in [6, 6.07) is 8.65. The molecular weight excluding hydrogens is 382 g/mol. The normalized spacial score (nSPS) is 15.4. The van der Waals surface area contributed by atoms with Crippen molar-refractivity contribution in [3.8, 4) is 5.69 Å². The molecule has 1 aliphatic heterocycles. The Morgan fingerprint density at radius 3 is 2.55 bits per heavy atom. The minimum atomic E-state index is 0.173. The van der Waals surface area contributed by atoms with Gasteiger partial charge >= 0.3 is 0 Å². The van der Waals surface area contributed by atoms with Crippen molar-refractivity contribution in [2.45, 2.75) is 53.0 Å². The smallest absolute Gasteiger partial charge is 0.220 e. The van der Waals surface area contributed by atoms with Crippen LogP contribution in [0.1, 0.15) is 44.4 Å². The molecule has 0 saturated carbocycles. The van der Waals surface area contributed by atoms with E-state index in [0.29, 0.717) is 12.3 Å². The molecule has 1 N–H and O–H groups in total. The van der Waals surface area contributed by atoms with Gasteiger partial charge in [-0.3, -0.25) is 4.79 Å². The van der Waals surface area contributed by atoms with Gasteiger partial charge in [0.1, 0.15) is 0 Å². The average molecular weight is 412 g/mol. The van der Waals surface area contributed by atoms with Gasteiger partial charge in [0, 0.05) is 25.6 Å². The average Bonchev–Trinajstić information content (AvgIpc) is 3.23. The number of aryl methyl sites for hydroxylation is 2. The summed E-state index contributed by atoms with van der Waals surface area (Å²) < 4.78 is 3.09. The van der Waals surface area contributed by atoms with Gasteiger partial charge in [0.2, 0.25) is 5.91 Å². The fourth-order valence-electron chi connectivity index (χ4n) is 3.80. The molecule has 0 aliphatic carbocycles. The third-order valence-corrected chi connectivity index (χ3v) is 6.59. The van der Waals surface area contributed by atoms with Crippen LogP contribution in [0.4, 0.5) is 5.13 Å². The van der Waals surface area contributed by atoms with Crippen molar-refractivity contribution in [1.29, 1.82) is 0 Å². The SMILES string of the molecule is Cc1ccc(-n2nc(C)c3sc(N4CCC(NC(=O)CC(C)C)CC4)nc32)cc1. The number of amides is 1. The number of hydrogen-bond acceptors (Lipinski definition) is 5. The van der Waals surface area contributed by atoms with Crippen molar-refractivity contribution in [1.82, 2.24) is 20.1 Å². The van der Waals surface area contributed by atoms with Crippen molar-refractivity contribution in [2.24, 2.45) is 5.92 Å². The highest BCUT2D eigenvalue weighted by molar-refractivity contribution is 7.22. The van der Waals surface area contributed by atoms with Gasteiger partial charge in [-0.1, -0.05) is 42.9 Å². The predicted octanol–water partition coefficient (Wildman–Crippen LogP) is 4.23. The minimum Gasteiger partial charge on any atom is -0.353 e. The van der Waals surface area contributed by atoms with E-state index >= 15 is 0 Å². The number of rotatable bonds is 5.